The number of nitrogens with zero attached hydrogens (tertiary/aromatic N) is 1. The minimum atomic E-state index is -0.590. The molecular weight excluding hydrogens is 460 g/mol. The summed E-state index contributed by atoms with van der Waals surface area (Å²) in [4.78, 5) is 39.0. The molecule has 2 amide bonds. The molecule has 0 bridgehead atoms. The lowest BCUT2D eigenvalue weighted by Gasteiger charge is -2.16. The Balaban J connectivity index is 1.49. The van der Waals surface area contributed by atoms with Gasteiger partial charge in [0.2, 0.25) is 5.91 Å². The molecule has 4 rings (SSSR count). The first kappa shape index (κ1) is 20.8. The second kappa shape index (κ2) is 9.14. The van der Waals surface area contributed by atoms with Crippen molar-refractivity contribution in [2.75, 3.05) is 16.8 Å². The fourth-order valence-electron chi connectivity index (χ4n) is 3.38. The normalized spacial score (nSPS) is 13.2. The van der Waals surface area contributed by atoms with E-state index in [4.69, 9.17) is 4.74 Å². The first-order valence-electron chi connectivity index (χ1n) is 9.80. The van der Waals surface area contributed by atoms with Gasteiger partial charge in [-0.15, -0.1) is 0 Å². The van der Waals surface area contributed by atoms with Crippen LogP contribution in [0.2, 0.25) is 0 Å². The zero-order valence-electron chi connectivity index (χ0n) is 16.5. The Morgan fingerprint density at radius 1 is 0.903 bits per heavy atom. The highest BCUT2D eigenvalue weighted by Crippen LogP contribution is 2.26. The van der Waals surface area contributed by atoms with Crippen LogP contribution in [0.15, 0.2) is 77.3 Å². The standard InChI is InChI=1S/C24H19BrN2O4/c25-20-8-3-1-6-18(20)23(29)26-21-9-4-2-7-19(21)24(30)31-17-13-11-16(12-14-17)27-15-5-10-22(27)28/h1-4,6-9,11-14H,5,10,15H2,(H,26,29). The molecule has 0 saturated carbocycles. The SMILES string of the molecule is O=C(Nc1ccccc1C(=O)Oc1ccc(N2CCCC2=O)cc1)c1ccccc1Br. The van der Waals surface area contributed by atoms with Gasteiger partial charge in [0.25, 0.3) is 5.91 Å². The molecule has 1 aliphatic rings. The number of ether oxygens (including phenoxy) is 1. The summed E-state index contributed by atoms with van der Waals surface area (Å²) in [5, 5.41) is 2.77. The molecule has 156 valence electrons. The third kappa shape index (κ3) is 4.67. The number of carbonyl (C=O) groups is 3. The molecule has 7 heteroatoms. The number of para-hydroxylation sites is 1. The van der Waals surface area contributed by atoms with E-state index in [0.717, 1.165) is 12.1 Å². The van der Waals surface area contributed by atoms with Crippen molar-refractivity contribution < 1.29 is 19.1 Å². The van der Waals surface area contributed by atoms with Crippen LogP contribution in [0.1, 0.15) is 33.6 Å². The molecule has 1 aliphatic heterocycles. The minimum Gasteiger partial charge on any atom is -0.423 e. The molecule has 3 aromatic rings. The number of rotatable bonds is 5. The fraction of sp³-hybridized carbons (Fsp3) is 0.125. The van der Waals surface area contributed by atoms with Crippen LogP contribution in [-0.2, 0) is 4.79 Å². The van der Waals surface area contributed by atoms with E-state index in [1.807, 2.05) is 6.07 Å². The summed E-state index contributed by atoms with van der Waals surface area (Å²) in [7, 11) is 0. The number of hydrogen-bond acceptors (Lipinski definition) is 4. The second-order valence-electron chi connectivity index (χ2n) is 7.01. The zero-order chi connectivity index (χ0) is 21.8. The van der Waals surface area contributed by atoms with Crippen molar-refractivity contribution in [1.82, 2.24) is 0 Å². The Morgan fingerprint density at radius 3 is 2.26 bits per heavy atom. The quantitative estimate of drug-likeness (QED) is 0.411. The van der Waals surface area contributed by atoms with Gasteiger partial charge in [-0.1, -0.05) is 24.3 Å². The third-order valence-corrected chi connectivity index (χ3v) is 5.64. The number of amides is 2. The number of nitrogens with one attached hydrogen (secondary N) is 1. The molecule has 0 unspecified atom stereocenters. The summed E-state index contributed by atoms with van der Waals surface area (Å²) in [5.41, 5.74) is 1.83. The molecule has 31 heavy (non-hydrogen) atoms. The molecule has 0 radical (unpaired) electrons. The van der Waals surface area contributed by atoms with Crippen LogP contribution in [0.4, 0.5) is 11.4 Å². The van der Waals surface area contributed by atoms with Crippen molar-refractivity contribution in [3.05, 3.63) is 88.4 Å². The Hall–Kier alpha value is -3.45. The van der Waals surface area contributed by atoms with E-state index in [-0.39, 0.29) is 17.4 Å². The molecule has 0 atom stereocenters. The highest BCUT2D eigenvalue weighted by molar-refractivity contribution is 9.10. The topological polar surface area (TPSA) is 75.7 Å². The maximum atomic E-state index is 12.8. The average Bonchev–Trinajstić information content (AvgIpc) is 3.20. The monoisotopic (exact) mass is 478 g/mol. The van der Waals surface area contributed by atoms with Crippen LogP contribution in [0.5, 0.6) is 5.75 Å². The summed E-state index contributed by atoms with van der Waals surface area (Å²) in [6.07, 6.45) is 1.40. The highest BCUT2D eigenvalue weighted by atomic mass is 79.9. The van der Waals surface area contributed by atoms with Gasteiger partial charge >= 0.3 is 5.97 Å². The maximum absolute atomic E-state index is 12.8. The Morgan fingerprint density at radius 2 is 1.58 bits per heavy atom. The second-order valence-corrected chi connectivity index (χ2v) is 7.87. The summed E-state index contributed by atoms with van der Waals surface area (Å²) in [6.45, 7) is 0.697. The Bertz CT molecular complexity index is 1140. The molecule has 3 aromatic carbocycles. The Kier molecular flexibility index (Phi) is 6.13. The predicted octanol–water partition coefficient (Wildman–Crippen LogP) is 5.05. The lowest BCUT2D eigenvalue weighted by atomic mass is 10.1. The fourth-order valence-corrected chi connectivity index (χ4v) is 3.85. The maximum Gasteiger partial charge on any atom is 0.345 e. The summed E-state index contributed by atoms with van der Waals surface area (Å²) in [5.74, 6) is -0.479. The molecular formula is C24H19BrN2O4. The molecule has 1 heterocycles. The van der Waals surface area contributed by atoms with Crippen LogP contribution in [0.3, 0.4) is 0 Å². The van der Waals surface area contributed by atoms with Gasteiger partial charge in [0.15, 0.2) is 0 Å². The highest BCUT2D eigenvalue weighted by Gasteiger charge is 2.22. The van der Waals surface area contributed by atoms with Crippen molar-refractivity contribution in [2.45, 2.75) is 12.8 Å². The molecule has 1 saturated heterocycles. The molecule has 1 fully saturated rings. The predicted molar refractivity (Wildman–Crippen MR) is 122 cm³/mol. The van der Waals surface area contributed by atoms with Gasteiger partial charge in [-0.2, -0.15) is 0 Å². The van der Waals surface area contributed by atoms with Gasteiger partial charge in [0.05, 0.1) is 16.8 Å². The van der Waals surface area contributed by atoms with Crippen molar-refractivity contribution in [2.24, 2.45) is 0 Å². The van der Waals surface area contributed by atoms with Gasteiger partial charge in [-0.3, -0.25) is 9.59 Å². The molecule has 1 N–H and O–H groups in total. The van der Waals surface area contributed by atoms with E-state index < -0.39 is 5.97 Å². The van der Waals surface area contributed by atoms with Crippen molar-refractivity contribution in [3.8, 4) is 5.75 Å². The first-order chi connectivity index (χ1) is 15.0. The van der Waals surface area contributed by atoms with Gasteiger partial charge in [0, 0.05) is 23.1 Å². The van der Waals surface area contributed by atoms with E-state index in [1.165, 1.54) is 0 Å². The van der Waals surface area contributed by atoms with E-state index in [1.54, 1.807) is 71.6 Å². The minimum absolute atomic E-state index is 0.0967. The molecule has 0 aromatic heterocycles. The molecule has 0 aliphatic carbocycles. The lowest BCUT2D eigenvalue weighted by Crippen LogP contribution is -2.23. The molecule has 0 spiro atoms. The number of esters is 1. The summed E-state index contributed by atoms with van der Waals surface area (Å²) < 4.78 is 6.15. The van der Waals surface area contributed by atoms with E-state index in [9.17, 15) is 14.4 Å². The summed E-state index contributed by atoms with van der Waals surface area (Å²) >= 11 is 3.36. The first-order valence-corrected chi connectivity index (χ1v) is 10.6. The number of carbonyl (C=O) groups excluding carboxylic acids is 3. The van der Waals surface area contributed by atoms with Gasteiger partial charge in [-0.25, -0.2) is 4.79 Å². The van der Waals surface area contributed by atoms with E-state index >= 15 is 0 Å². The van der Waals surface area contributed by atoms with Gasteiger partial charge in [-0.05, 0) is 70.9 Å². The van der Waals surface area contributed by atoms with Crippen LogP contribution in [0, 0.1) is 0 Å². The van der Waals surface area contributed by atoms with Crippen LogP contribution in [0.25, 0.3) is 0 Å². The van der Waals surface area contributed by atoms with Crippen LogP contribution < -0.4 is 15.0 Å². The number of halogens is 1. The largest absolute Gasteiger partial charge is 0.423 e. The zero-order valence-corrected chi connectivity index (χ0v) is 18.1. The number of hydrogen-bond donors (Lipinski definition) is 1. The van der Waals surface area contributed by atoms with Crippen LogP contribution >= 0.6 is 15.9 Å². The smallest absolute Gasteiger partial charge is 0.345 e. The number of benzene rings is 3. The van der Waals surface area contributed by atoms with Gasteiger partial charge < -0.3 is 15.0 Å². The summed E-state index contributed by atoms with van der Waals surface area (Å²) in [6, 6.07) is 20.5. The average molecular weight is 479 g/mol. The van der Waals surface area contributed by atoms with E-state index in [0.29, 0.717) is 34.4 Å². The van der Waals surface area contributed by atoms with Crippen molar-refractivity contribution >= 4 is 45.1 Å². The Labute approximate surface area is 188 Å². The van der Waals surface area contributed by atoms with Crippen molar-refractivity contribution in [3.63, 3.8) is 0 Å². The van der Waals surface area contributed by atoms with Gasteiger partial charge in [0.1, 0.15) is 5.75 Å². The van der Waals surface area contributed by atoms with Crippen LogP contribution in [-0.4, -0.2) is 24.3 Å². The van der Waals surface area contributed by atoms with E-state index in [2.05, 4.69) is 21.2 Å². The molecule has 6 nitrogen and oxygen atoms in total. The lowest BCUT2D eigenvalue weighted by molar-refractivity contribution is -0.117. The third-order valence-electron chi connectivity index (χ3n) is 4.95. The number of anilines is 2. The van der Waals surface area contributed by atoms with Crippen molar-refractivity contribution in [1.29, 1.82) is 0 Å².